The molecular formula is C14H15ClFNS. The summed E-state index contributed by atoms with van der Waals surface area (Å²) in [6.45, 7) is 2.86. The van der Waals surface area contributed by atoms with Crippen LogP contribution < -0.4 is 5.73 Å². The largest absolute Gasteiger partial charge is 0.330 e. The summed E-state index contributed by atoms with van der Waals surface area (Å²) in [4.78, 5) is 2.41. The van der Waals surface area contributed by atoms with E-state index in [4.69, 9.17) is 17.3 Å². The van der Waals surface area contributed by atoms with Gasteiger partial charge in [0.1, 0.15) is 5.82 Å². The Bertz CT molecular complexity index is 538. The Morgan fingerprint density at radius 3 is 2.78 bits per heavy atom. The van der Waals surface area contributed by atoms with Crippen molar-refractivity contribution in [3.8, 4) is 10.4 Å². The summed E-state index contributed by atoms with van der Waals surface area (Å²) in [5.41, 5.74) is 6.52. The molecule has 1 aromatic carbocycles. The van der Waals surface area contributed by atoms with Crippen molar-refractivity contribution in [2.75, 3.05) is 6.54 Å². The van der Waals surface area contributed by atoms with E-state index in [1.54, 1.807) is 23.5 Å². The molecule has 0 bridgehead atoms. The zero-order chi connectivity index (χ0) is 13.1. The second-order valence-electron chi connectivity index (χ2n) is 4.31. The molecule has 96 valence electrons. The van der Waals surface area contributed by atoms with Gasteiger partial charge in [0.25, 0.3) is 0 Å². The smallest absolute Gasteiger partial charge is 0.141 e. The molecule has 1 unspecified atom stereocenters. The fourth-order valence-electron chi connectivity index (χ4n) is 1.81. The lowest BCUT2D eigenvalue weighted by Crippen LogP contribution is -2.03. The fourth-order valence-corrected chi connectivity index (χ4v) is 3.08. The quantitative estimate of drug-likeness (QED) is 0.868. The molecule has 1 atom stereocenters. The molecule has 0 radical (unpaired) electrons. The van der Waals surface area contributed by atoms with Gasteiger partial charge in [-0.25, -0.2) is 4.39 Å². The van der Waals surface area contributed by atoms with Crippen LogP contribution in [0, 0.1) is 5.82 Å². The summed E-state index contributed by atoms with van der Waals surface area (Å²) >= 11 is 7.51. The van der Waals surface area contributed by atoms with Gasteiger partial charge < -0.3 is 5.73 Å². The normalized spacial score (nSPS) is 12.7. The third-order valence-corrected chi connectivity index (χ3v) is 4.57. The summed E-state index contributed by atoms with van der Waals surface area (Å²) < 4.78 is 13.1. The predicted octanol–water partition coefficient (Wildman–Crippen LogP) is 4.66. The maximum absolute atomic E-state index is 13.1. The molecule has 0 fully saturated rings. The highest BCUT2D eigenvalue weighted by Crippen LogP contribution is 2.34. The molecule has 0 amide bonds. The first-order valence-corrected chi connectivity index (χ1v) is 7.06. The monoisotopic (exact) mass is 283 g/mol. The lowest BCUT2D eigenvalue weighted by molar-refractivity contribution is 0.628. The second kappa shape index (κ2) is 5.83. The average Bonchev–Trinajstić information content (AvgIpc) is 2.82. The predicted molar refractivity (Wildman–Crippen MR) is 76.8 cm³/mol. The van der Waals surface area contributed by atoms with Crippen LogP contribution in [-0.4, -0.2) is 6.54 Å². The molecule has 4 heteroatoms. The minimum absolute atomic E-state index is 0.164. The third-order valence-electron chi connectivity index (χ3n) is 2.92. The van der Waals surface area contributed by atoms with Gasteiger partial charge in [0, 0.05) is 9.75 Å². The molecule has 0 aliphatic rings. The first-order valence-electron chi connectivity index (χ1n) is 5.87. The first-order chi connectivity index (χ1) is 8.61. The highest BCUT2D eigenvalue weighted by Gasteiger charge is 2.10. The van der Waals surface area contributed by atoms with Crippen molar-refractivity contribution in [1.29, 1.82) is 0 Å². The summed E-state index contributed by atoms with van der Waals surface area (Å²) in [6, 6.07) is 8.99. The van der Waals surface area contributed by atoms with Crippen LogP contribution in [0.2, 0.25) is 5.02 Å². The van der Waals surface area contributed by atoms with Gasteiger partial charge in [-0.15, -0.1) is 11.3 Å². The van der Waals surface area contributed by atoms with Gasteiger partial charge in [-0.2, -0.15) is 0 Å². The molecular weight excluding hydrogens is 269 g/mol. The molecule has 0 saturated heterocycles. The van der Waals surface area contributed by atoms with Crippen molar-refractivity contribution >= 4 is 22.9 Å². The molecule has 2 aromatic rings. The van der Waals surface area contributed by atoms with Crippen molar-refractivity contribution in [3.05, 3.63) is 46.0 Å². The SMILES string of the molecule is CC(CCN)c1ccc(-c2ccc(F)c(Cl)c2)s1. The van der Waals surface area contributed by atoms with Crippen molar-refractivity contribution in [3.63, 3.8) is 0 Å². The number of nitrogens with two attached hydrogens (primary N) is 1. The van der Waals surface area contributed by atoms with E-state index in [1.807, 2.05) is 0 Å². The summed E-state index contributed by atoms with van der Waals surface area (Å²) in [6.07, 6.45) is 0.976. The first kappa shape index (κ1) is 13.5. The molecule has 0 aliphatic carbocycles. The summed E-state index contributed by atoms with van der Waals surface area (Å²) in [5, 5.41) is 0.164. The highest BCUT2D eigenvalue weighted by atomic mass is 35.5. The molecule has 2 N–H and O–H groups in total. The second-order valence-corrected chi connectivity index (χ2v) is 5.83. The minimum atomic E-state index is -0.381. The van der Waals surface area contributed by atoms with Gasteiger partial charge in [-0.3, -0.25) is 0 Å². The van der Waals surface area contributed by atoms with Crippen LogP contribution in [0.15, 0.2) is 30.3 Å². The van der Waals surface area contributed by atoms with Crippen LogP contribution in [0.25, 0.3) is 10.4 Å². The van der Waals surface area contributed by atoms with Crippen LogP contribution in [0.1, 0.15) is 24.1 Å². The number of benzene rings is 1. The zero-order valence-electron chi connectivity index (χ0n) is 10.1. The van der Waals surface area contributed by atoms with Gasteiger partial charge in [-0.1, -0.05) is 24.6 Å². The van der Waals surface area contributed by atoms with E-state index in [2.05, 4.69) is 19.1 Å². The Morgan fingerprint density at radius 2 is 2.11 bits per heavy atom. The van der Waals surface area contributed by atoms with Crippen LogP contribution in [-0.2, 0) is 0 Å². The van der Waals surface area contributed by atoms with Crippen molar-refractivity contribution in [2.24, 2.45) is 5.73 Å². The Labute approximate surface area is 115 Å². The van der Waals surface area contributed by atoms with Crippen LogP contribution in [0.5, 0.6) is 0 Å². The van der Waals surface area contributed by atoms with E-state index < -0.39 is 0 Å². The Morgan fingerprint density at radius 1 is 1.33 bits per heavy atom. The van der Waals surface area contributed by atoms with Gasteiger partial charge in [0.15, 0.2) is 0 Å². The van der Waals surface area contributed by atoms with Crippen molar-refractivity contribution in [2.45, 2.75) is 19.3 Å². The molecule has 18 heavy (non-hydrogen) atoms. The Kier molecular flexibility index (Phi) is 4.38. The number of rotatable bonds is 4. The molecule has 1 heterocycles. The molecule has 0 spiro atoms. The van der Waals surface area contributed by atoms with E-state index in [0.717, 1.165) is 16.9 Å². The van der Waals surface area contributed by atoms with Gasteiger partial charge in [0.05, 0.1) is 5.02 Å². The maximum Gasteiger partial charge on any atom is 0.141 e. The topological polar surface area (TPSA) is 26.0 Å². The van der Waals surface area contributed by atoms with Crippen LogP contribution >= 0.6 is 22.9 Å². The molecule has 1 nitrogen and oxygen atoms in total. The van der Waals surface area contributed by atoms with Gasteiger partial charge in [-0.05, 0) is 48.7 Å². The number of hydrogen-bond donors (Lipinski definition) is 1. The summed E-state index contributed by atoms with van der Waals surface area (Å²) in [7, 11) is 0. The van der Waals surface area contributed by atoms with E-state index >= 15 is 0 Å². The molecule has 2 rings (SSSR count). The van der Waals surface area contributed by atoms with Crippen LogP contribution in [0.3, 0.4) is 0 Å². The zero-order valence-corrected chi connectivity index (χ0v) is 11.7. The van der Waals surface area contributed by atoms with Crippen molar-refractivity contribution < 1.29 is 4.39 Å². The lowest BCUT2D eigenvalue weighted by Gasteiger charge is -2.06. The fraction of sp³-hybridized carbons (Fsp3) is 0.286. The van der Waals surface area contributed by atoms with E-state index in [0.29, 0.717) is 12.5 Å². The summed E-state index contributed by atoms with van der Waals surface area (Å²) in [5.74, 6) is 0.0818. The maximum atomic E-state index is 13.1. The molecule has 0 aliphatic heterocycles. The van der Waals surface area contributed by atoms with Crippen molar-refractivity contribution in [1.82, 2.24) is 0 Å². The van der Waals surface area contributed by atoms with Gasteiger partial charge >= 0.3 is 0 Å². The van der Waals surface area contributed by atoms with E-state index in [1.165, 1.54) is 10.9 Å². The number of hydrogen-bond acceptors (Lipinski definition) is 2. The standard InChI is InChI=1S/C14H15ClFNS/c1-9(6-7-17)13-4-5-14(18-13)10-2-3-12(16)11(15)8-10/h2-5,8-9H,6-7,17H2,1H3. The minimum Gasteiger partial charge on any atom is -0.330 e. The number of halogens is 2. The third kappa shape index (κ3) is 2.91. The Balaban J connectivity index is 2.26. The van der Waals surface area contributed by atoms with E-state index in [-0.39, 0.29) is 10.8 Å². The highest BCUT2D eigenvalue weighted by molar-refractivity contribution is 7.15. The average molecular weight is 284 g/mol. The lowest BCUT2D eigenvalue weighted by atomic mass is 10.1. The molecule has 1 aromatic heterocycles. The van der Waals surface area contributed by atoms with Gasteiger partial charge in [0.2, 0.25) is 0 Å². The van der Waals surface area contributed by atoms with E-state index in [9.17, 15) is 4.39 Å². The van der Waals surface area contributed by atoms with Crippen LogP contribution in [0.4, 0.5) is 4.39 Å². The number of thiophene rings is 1. The molecule has 0 saturated carbocycles. The Hall–Kier alpha value is -0.900.